The summed E-state index contributed by atoms with van der Waals surface area (Å²) in [4.78, 5) is 8.22. The molecular weight excluding hydrogens is 196 g/mol. The zero-order chi connectivity index (χ0) is 10.2. The minimum absolute atomic E-state index is 0.0975. The molecule has 0 bridgehead atoms. The van der Waals surface area contributed by atoms with Gasteiger partial charge >= 0.3 is 0 Å². The summed E-state index contributed by atoms with van der Waals surface area (Å²) in [5, 5.41) is 0. The molecule has 1 aromatic rings. The number of aromatic nitrogens is 2. The molecule has 14 heavy (non-hydrogen) atoms. The Balaban J connectivity index is 2.46. The first-order chi connectivity index (χ1) is 6.88. The van der Waals surface area contributed by atoms with E-state index in [9.17, 15) is 0 Å². The van der Waals surface area contributed by atoms with Gasteiger partial charge in [0.15, 0.2) is 0 Å². The van der Waals surface area contributed by atoms with Gasteiger partial charge in [0.2, 0.25) is 0 Å². The van der Waals surface area contributed by atoms with E-state index in [4.69, 9.17) is 5.84 Å². The first-order valence-electron chi connectivity index (χ1n) is 4.68. The van der Waals surface area contributed by atoms with Crippen LogP contribution in [0.2, 0.25) is 0 Å². The van der Waals surface area contributed by atoms with Crippen LogP contribution in [0.5, 0.6) is 0 Å². The third-order valence-electron chi connectivity index (χ3n) is 1.77. The Morgan fingerprint density at radius 3 is 3.00 bits per heavy atom. The number of rotatable bonds is 6. The lowest BCUT2D eigenvalue weighted by Gasteiger charge is -2.13. The second-order valence-corrected chi connectivity index (χ2v) is 4.07. The van der Waals surface area contributed by atoms with E-state index in [1.165, 1.54) is 6.42 Å². The summed E-state index contributed by atoms with van der Waals surface area (Å²) in [5.41, 5.74) is 3.66. The third kappa shape index (κ3) is 3.61. The normalized spacial score (nSPS) is 12.7. The molecule has 0 aromatic carbocycles. The van der Waals surface area contributed by atoms with Gasteiger partial charge in [-0.25, -0.2) is 0 Å². The van der Waals surface area contributed by atoms with Gasteiger partial charge < -0.3 is 0 Å². The van der Waals surface area contributed by atoms with Crippen LogP contribution in [-0.4, -0.2) is 21.5 Å². The minimum Gasteiger partial charge on any atom is -0.271 e. The fourth-order valence-corrected chi connectivity index (χ4v) is 2.01. The van der Waals surface area contributed by atoms with E-state index in [-0.39, 0.29) is 6.04 Å². The van der Waals surface area contributed by atoms with E-state index >= 15 is 0 Å². The monoisotopic (exact) mass is 212 g/mol. The van der Waals surface area contributed by atoms with Crippen LogP contribution in [0, 0.1) is 0 Å². The van der Waals surface area contributed by atoms with Crippen LogP contribution in [0.25, 0.3) is 0 Å². The number of hydrazine groups is 1. The maximum absolute atomic E-state index is 5.46. The van der Waals surface area contributed by atoms with Gasteiger partial charge in [0.25, 0.3) is 0 Å². The molecule has 0 aliphatic carbocycles. The maximum atomic E-state index is 5.46. The lowest BCUT2D eigenvalue weighted by atomic mass is 10.2. The van der Waals surface area contributed by atoms with Gasteiger partial charge in [0.05, 0.1) is 17.9 Å². The summed E-state index contributed by atoms with van der Waals surface area (Å²) >= 11 is 1.87. The number of nitrogens with one attached hydrogen (secondary N) is 1. The molecule has 0 fully saturated rings. The van der Waals surface area contributed by atoms with Crippen molar-refractivity contribution in [3.05, 3.63) is 24.3 Å². The molecule has 1 heterocycles. The van der Waals surface area contributed by atoms with Crippen LogP contribution >= 0.6 is 11.8 Å². The Morgan fingerprint density at radius 2 is 2.43 bits per heavy atom. The largest absolute Gasteiger partial charge is 0.271 e. The highest BCUT2D eigenvalue weighted by atomic mass is 32.2. The molecule has 78 valence electrons. The number of nitrogens with zero attached hydrogens (tertiary/aromatic N) is 2. The second kappa shape index (κ2) is 6.75. The van der Waals surface area contributed by atoms with Gasteiger partial charge in [-0.2, -0.15) is 11.8 Å². The molecule has 1 atom stereocenters. The van der Waals surface area contributed by atoms with Crippen molar-refractivity contribution in [2.45, 2.75) is 19.4 Å². The van der Waals surface area contributed by atoms with Crippen LogP contribution < -0.4 is 11.3 Å². The van der Waals surface area contributed by atoms with Crippen molar-refractivity contribution in [3.8, 4) is 0 Å². The van der Waals surface area contributed by atoms with E-state index in [0.29, 0.717) is 0 Å². The van der Waals surface area contributed by atoms with Gasteiger partial charge in [-0.1, -0.05) is 6.92 Å². The first-order valence-corrected chi connectivity index (χ1v) is 5.83. The standard InChI is InChI=1S/C9H16N4S/c1-2-5-14-7-9(13-10)8-6-11-3-4-12-8/h3-4,6,9,13H,2,5,7,10H2,1H3. The molecule has 0 amide bonds. The van der Waals surface area contributed by atoms with Gasteiger partial charge in [-0.3, -0.25) is 21.2 Å². The van der Waals surface area contributed by atoms with Gasteiger partial charge in [0, 0.05) is 18.1 Å². The lowest BCUT2D eigenvalue weighted by molar-refractivity contribution is 0.592. The van der Waals surface area contributed by atoms with Crippen molar-refractivity contribution < 1.29 is 0 Å². The molecule has 0 aliphatic heterocycles. The van der Waals surface area contributed by atoms with Crippen molar-refractivity contribution >= 4 is 11.8 Å². The SMILES string of the molecule is CCCSCC(NN)c1cnccn1. The number of hydrogen-bond donors (Lipinski definition) is 2. The van der Waals surface area contributed by atoms with Crippen molar-refractivity contribution in [1.82, 2.24) is 15.4 Å². The Labute approximate surface area is 88.7 Å². The molecule has 0 spiro atoms. The highest BCUT2D eigenvalue weighted by molar-refractivity contribution is 7.99. The molecule has 0 radical (unpaired) electrons. The highest BCUT2D eigenvalue weighted by Gasteiger charge is 2.10. The average molecular weight is 212 g/mol. The number of hydrogen-bond acceptors (Lipinski definition) is 5. The average Bonchev–Trinajstić information content (AvgIpc) is 2.26. The second-order valence-electron chi connectivity index (χ2n) is 2.92. The minimum atomic E-state index is 0.0975. The molecular formula is C9H16N4S. The Kier molecular flexibility index (Phi) is 5.51. The summed E-state index contributed by atoms with van der Waals surface area (Å²) in [6.45, 7) is 2.17. The van der Waals surface area contributed by atoms with Crippen molar-refractivity contribution in [1.29, 1.82) is 0 Å². The van der Waals surface area contributed by atoms with E-state index in [2.05, 4.69) is 22.3 Å². The number of nitrogens with two attached hydrogens (primary N) is 1. The quantitative estimate of drug-likeness (QED) is 0.420. The topological polar surface area (TPSA) is 63.8 Å². The molecule has 1 rings (SSSR count). The van der Waals surface area contributed by atoms with Crippen LogP contribution in [0.1, 0.15) is 25.1 Å². The van der Waals surface area contributed by atoms with Crippen LogP contribution in [0.3, 0.4) is 0 Å². The maximum Gasteiger partial charge on any atom is 0.0777 e. The van der Waals surface area contributed by atoms with Crippen molar-refractivity contribution in [2.75, 3.05) is 11.5 Å². The smallest absolute Gasteiger partial charge is 0.0777 e. The molecule has 0 saturated heterocycles. The summed E-state index contributed by atoms with van der Waals surface area (Å²) in [6.07, 6.45) is 6.28. The summed E-state index contributed by atoms with van der Waals surface area (Å²) in [5.74, 6) is 7.54. The van der Waals surface area contributed by atoms with E-state index < -0.39 is 0 Å². The van der Waals surface area contributed by atoms with Crippen molar-refractivity contribution in [3.63, 3.8) is 0 Å². The molecule has 1 unspecified atom stereocenters. The fourth-order valence-electron chi connectivity index (χ4n) is 1.05. The molecule has 3 N–H and O–H groups in total. The summed E-state index contributed by atoms with van der Waals surface area (Å²) < 4.78 is 0. The van der Waals surface area contributed by atoms with Crippen molar-refractivity contribution in [2.24, 2.45) is 5.84 Å². The van der Waals surface area contributed by atoms with Gasteiger partial charge in [-0.05, 0) is 12.2 Å². The fraction of sp³-hybridized carbons (Fsp3) is 0.556. The summed E-state index contributed by atoms with van der Waals surface area (Å²) in [7, 11) is 0. The zero-order valence-electron chi connectivity index (χ0n) is 8.31. The van der Waals surface area contributed by atoms with Crippen LogP contribution in [0.15, 0.2) is 18.6 Å². The molecule has 0 aliphatic rings. The predicted molar refractivity (Wildman–Crippen MR) is 59.7 cm³/mol. The Hall–Kier alpha value is -0.650. The summed E-state index contributed by atoms with van der Waals surface area (Å²) in [6, 6.07) is 0.0975. The first kappa shape index (κ1) is 11.4. The Bertz CT molecular complexity index is 242. The zero-order valence-corrected chi connectivity index (χ0v) is 9.13. The number of thioether (sulfide) groups is 1. The molecule has 0 saturated carbocycles. The predicted octanol–water partition coefficient (Wildman–Crippen LogP) is 1.12. The Morgan fingerprint density at radius 1 is 1.57 bits per heavy atom. The van der Waals surface area contributed by atoms with E-state index in [0.717, 1.165) is 17.2 Å². The molecule has 1 aromatic heterocycles. The molecule has 5 heteroatoms. The lowest BCUT2D eigenvalue weighted by Crippen LogP contribution is -2.30. The molecule has 4 nitrogen and oxygen atoms in total. The van der Waals surface area contributed by atoms with E-state index in [1.54, 1.807) is 18.6 Å². The van der Waals surface area contributed by atoms with Crippen LogP contribution in [0.4, 0.5) is 0 Å². The van der Waals surface area contributed by atoms with E-state index in [1.807, 2.05) is 11.8 Å². The third-order valence-corrected chi connectivity index (χ3v) is 3.04. The van der Waals surface area contributed by atoms with Gasteiger partial charge in [0.1, 0.15) is 0 Å². The van der Waals surface area contributed by atoms with Gasteiger partial charge in [-0.15, -0.1) is 0 Å². The highest BCUT2D eigenvalue weighted by Crippen LogP contribution is 2.14. The van der Waals surface area contributed by atoms with Crippen LogP contribution in [-0.2, 0) is 0 Å².